The van der Waals surface area contributed by atoms with E-state index in [0.717, 1.165) is 23.8 Å². The number of benzene rings is 2. The molecule has 1 amide bonds. The lowest BCUT2D eigenvalue weighted by molar-refractivity contribution is -0.117. The molecule has 0 spiro atoms. The Morgan fingerprint density at radius 3 is 2.36 bits per heavy atom. The van der Waals surface area contributed by atoms with Crippen LogP contribution in [0.15, 0.2) is 48.5 Å². The molecule has 0 bridgehead atoms. The highest BCUT2D eigenvalue weighted by molar-refractivity contribution is 7.88. The maximum atomic E-state index is 13.6. The molecule has 28 heavy (non-hydrogen) atoms. The van der Waals surface area contributed by atoms with E-state index in [9.17, 15) is 22.0 Å². The Morgan fingerprint density at radius 1 is 1.00 bits per heavy atom. The highest BCUT2D eigenvalue weighted by atomic mass is 32.2. The van der Waals surface area contributed by atoms with Crippen molar-refractivity contribution in [1.82, 2.24) is 9.21 Å². The van der Waals surface area contributed by atoms with Crippen LogP contribution in [0.4, 0.5) is 14.5 Å². The molecule has 1 saturated heterocycles. The third-order valence-electron chi connectivity index (χ3n) is 4.49. The van der Waals surface area contributed by atoms with Gasteiger partial charge >= 0.3 is 0 Å². The Bertz CT molecular complexity index is 931. The molecule has 0 unspecified atom stereocenters. The molecule has 2 aromatic carbocycles. The van der Waals surface area contributed by atoms with Crippen molar-refractivity contribution in [2.24, 2.45) is 0 Å². The summed E-state index contributed by atoms with van der Waals surface area (Å²) in [5, 5.41) is 2.34. The first-order chi connectivity index (χ1) is 13.3. The number of sulfonamides is 1. The van der Waals surface area contributed by atoms with Crippen molar-refractivity contribution < 1.29 is 22.0 Å². The summed E-state index contributed by atoms with van der Waals surface area (Å²) >= 11 is 0. The minimum Gasteiger partial charge on any atom is -0.322 e. The number of hydrogen-bond donors (Lipinski definition) is 1. The summed E-state index contributed by atoms with van der Waals surface area (Å²) in [5.41, 5.74) is 0.510. The largest absolute Gasteiger partial charge is 0.322 e. The molecular formula is C19H21F2N3O3S. The van der Waals surface area contributed by atoms with Crippen LogP contribution in [0.3, 0.4) is 0 Å². The number of nitrogens with one attached hydrogen (secondary N) is 1. The molecule has 0 saturated carbocycles. The van der Waals surface area contributed by atoms with Gasteiger partial charge in [0.1, 0.15) is 11.6 Å². The molecule has 150 valence electrons. The summed E-state index contributed by atoms with van der Waals surface area (Å²) in [6.45, 7) is 1.29. The number of carbonyl (C=O) groups is 1. The normalized spacial score (nSPS) is 16.1. The fraction of sp³-hybridized carbons (Fsp3) is 0.316. The molecule has 1 aliphatic rings. The number of hydrogen-bond acceptors (Lipinski definition) is 4. The molecule has 0 aliphatic carbocycles. The average molecular weight is 409 g/mol. The summed E-state index contributed by atoms with van der Waals surface area (Å²) in [7, 11) is -3.43. The summed E-state index contributed by atoms with van der Waals surface area (Å²) < 4.78 is 53.3. The highest BCUT2D eigenvalue weighted by Crippen LogP contribution is 2.16. The Balaban J connectivity index is 1.51. The van der Waals surface area contributed by atoms with E-state index in [2.05, 4.69) is 5.32 Å². The first-order valence-corrected chi connectivity index (χ1v) is 10.4. The number of anilines is 1. The predicted molar refractivity (Wildman–Crippen MR) is 102 cm³/mol. The number of amides is 1. The summed E-state index contributed by atoms with van der Waals surface area (Å²) in [4.78, 5) is 13.9. The molecular weight excluding hydrogens is 388 g/mol. The molecule has 1 fully saturated rings. The fourth-order valence-electron chi connectivity index (χ4n) is 3.03. The van der Waals surface area contributed by atoms with Gasteiger partial charge in [0.15, 0.2) is 0 Å². The van der Waals surface area contributed by atoms with Gasteiger partial charge in [-0.25, -0.2) is 17.2 Å². The second kappa shape index (κ2) is 8.76. The molecule has 3 rings (SSSR count). The van der Waals surface area contributed by atoms with Crippen LogP contribution in [0.25, 0.3) is 0 Å². The maximum Gasteiger partial charge on any atom is 0.238 e. The Kier molecular flexibility index (Phi) is 6.38. The van der Waals surface area contributed by atoms with Crippen molar-refractivity contribution in [1.29, 1.82) is 0 Å². The molecule has 0 atom stereocenters. The topological polar surface area (TPSA) is 69.7 Å². The van der Waals surface area contributed by atoms with Gasteiger partial charge in [-0.3, -0.25) is 9.69 Å². The van der Waals surface area contributed by atoms with Gasteiger partial charge in [-0.05, 0) is 17.7 Å². The second-order valence-corrected chi connectivity index (χ2v) is 8.56. The lowest BCUT2D eigenvalue weighted by Crippen LogP contribution is -2.50. The van der Waals surface area contributed by atoms with Crippen LogP contribution in [-0.4, -0.2) is 56.3 Å². The van der Waals surface area contributed by atoms with Gasteiger partial charge in [-0.2, -0.15) is 4.31 Å². The Morgan fingerprint density at radius 2 is 1.68 bits per heavy atom. The Labute approximate surface area is 162 Å². The molecule has 0 radical (unpaired) electrons. The minimum atomic E-state index is -3.43. The van der Waals surface area contributed by atoms with Crippen molar-refractivity contribution in [2.75, 3.05) is 38.0 Å². The first-order valence-electron chi connectivity index (χ1n) is 8.82. The zero-order valence-electron chi connectivity index (χ0n) is 15.1. The van der Waals surface area contributed by atoms with E-state index in [-0.39, 0.29) is 31.1 Å². The van der Waals surface area contributed by atoms with E-state index in [0.29, 0.717) is 13.1 Å². The van der Waals surface area contributed by atoms with E-state index in [1.165, 1.54) is 4.31 Å². The Hall–Kier alpha value is -2.36. The van der Waals surface area contributed by atoms with Crippen molar-refractivity contribution in [3.05, 3.63) is 65.7 Å². The number of nitrogens with zero attached hydrogens (tertiary/aromatic N) is 2. The number of carbonyl (C=O) groups excluding carboxylic acids is 1. The van der Waals surface area contributed by atoms with Crippen LogP contribution in [0.2, 0.25) is 0 Å². The number of piperazine rings is 1. The monoisotopic (exact) mass is 409 g/mol. The highest BCUT2D eigenvalue weighted by Gasteiger charge is 2.27. The van der Waals surface area contributed by atoms with Crippen LogP contribution in [-0.2, 0) is 20.6 Å². The minimum absolute atomic E-state index is 0.0253. The third kappa shape index (κ3) is 5.34. The van der Waals surface area contributed by atoms with Crippen molar-refractivity contribution in [2.45, 2.75) is 5.75 Å². The van der Waals surface area contributed by atoms with Crippen LogP contribution >= 0.6 is 0 Å². The van der Waals surface area contributed by atoms with Gasteiger partial charge < -0.3 is 5.32 Å². The maximum absolute atomic E-state index is 13.6. The third-order valence-corrected chi connectivity index (χ3v) is 6.34. The van der Waals surface area contributed by atoms with Crippen LogP contribution < -0.4 is 5.32 Å². The van der Waals surface area contributed by atoms with Crippen LogP contribution in [0, 0.1) is 11.6 Å². The smallest absolute Gasteiger partial charge is 0.238 e. The molecule has 1 aliphatic heterocycles. The van der Waals surface area contributed by atoms with Crippen molar-refractivity contribution >= 4 is 21.6 Å². The molecule has 6 nitrogen and oxygen atoms in total. The van der Waals surface area contributed by atoms with E-state index < -0.39 is 27.6 Å². The van der Waals surface area contributed by atoms with Gasteiger partial charge in [0.2, 0.25) is 15.9 Å². The van der Waals surface area contributed by atoms with Gasteiger partial charge in [-0.1, -0.05) is 30.3 Å². The SMILES string of the molecule is O=C(CN1CCN(S(=O)(=O)Cc2ccccc2)CC1)Nc1cc(F)ccc1F. The van der Waals surface area contributed by atoms with Crippen molar-refractivity contribution in [3.8, 4) is 0 Å². The zero-order valence-corrected chi connectivity index (χ0v) is 16.0. The van der Waals surface area contributed by atoms with E-state index in [4.69, 9.17) is 0 Å². The number of rotatable bonds is 6. The average Bonchev–Trinajstić information content (AvgIpc) is 2.65. The predicted octanol–water partition coefficient (Wildman–Crippen LogP) is 2.05. The summed E-state index contributed by atoms with van der Waals surface area (Å²) in [6.07, 6.45) is 0. The van der Waals surface area contributed by atoms with Crippen LogP contribution in [0.5, 0.6) is 0 Å². The summed E-state index contributed by atoms with van der Waals surface area (Å²) in [5.74, 6) is -1.90. The van der Waals surface area contributed by atoms with Gasteiger partial charge in [0.05, 0.1) is 18.0 Å². The van der Waals surface area contributed by atoms with Gasteiger partial charge in [0.25, 0.3) is 0 Å². The second-order valence-electron chi connectivity index (χ2n) is 6.59. The first kappa shape index (κ1) is 20.4. The molecule has 1 N–H and O–H groups in total. The van der Waals surface area contributed by atoms with E-state index in [1.54, 1.807) is 29.2 Å². The molecule has 9 heteroatoms. The van der Waals surface area contributed by atoms with Crippen molar-refractivity contribution in [3.63, 3.8) is 0 Å². The van der Waals surface area contributed by atoms with Gasteiger partial charge in [-0.15, -0.1) is 0 Å². The quantitative estimate of drug-likeness (QED) is 0.793. The lowest BCUT2D eigenvalue weighted by Gasteiger charge is -2.33. The molecule has 2 aromatic rings. The van der Waals surface area contributed by atoms with Gasteiger partial charge in [0, 0.05) is 32.2 Å². The lowest BCUT2D eigenvalue weighted by atomic mass is 10.2. The summed E-state index contributed by atoms with van der Waals surface area (Å²) in [6, 6.07) is 11.8. The fourth-order valence-corrected chi connectivity index (χ4v) is 4.54. The number of halogens is 2. The standard InChI is InChI=1S/C19H21F2N3O3S/c20-16-6-7-17(21)18(12-16)22-19(25)13-23-8-10-24(11-9-23)28(26,27)14-15-4-2-1-3-5-15/h1-7,12H,8-11,13-14H2,(H,22,25). The van der Waals surface area contributed by atoms with E-state index in [1.807, 2.05) is 6.07 Å². The van der Waals surface area contributed by atoms with Crippen LogP contribution in [0.1, 0.15) is 5.56 Å². The van der Waals surface area contributed by atoms with E-state index >= 15 is 0 Å². The molecule has 1 heterocycles. The zero-order chi connectivity index (χ0) is 20.1. The molecule has 0 aromatic heterocycles.